The predicted molar refractivity (Wildman–Crippen MR) is 78.9 cm³/mol. The molecule has 0 aliphatic carbocycles. The van der Waals surface area contributed by atoms with Gasteiger partial charge in [-0.3, -0.25) is 0 Å². The summed E-state index contributed by atoms with van der Waals surface area (Å²) < 4.78 is 15.8. The SMILES string of the molecule is CCCn1ccnc1CC(C)(N)c1ccc(C)c(F)c1. The molecule has 1 unspecified atom stereocenters. The van der Waals surface area contributed by atoms with Crippen LogP contribution >= 0.6 is 0 Å². The first-order valence-electron chi connectivity index (χ1n) is 6.99. The topological polar surface area (TPSA) is 43.8 Å². The fraction of sp³-hybridized carbons (Fsp3) is 0.438. The van der Waals surface area contributed by atoms with Crippen LogP contribution in [0.15, 0.2) is 30.6 Å². The van der Waals surface area contributed by atoms with Gasteiger partial charge in [-0.1, -0.05) is 19.1 Å². The molecule has 3 nitrogen and oxygen atoms in total. The molecule has 2 N–H and O–H groups in total. The zero-order chi connectivity index (χ0) is 14.8. The average molecular weight is 275 g/mol. The van der Waals surface area contributed by atoms with E-state index in [9.17, 15) is 4.39 Å². The molecule has 4 heteroatoms. The second-order valence-electron chi connectivity index (χ2n) is 5.60. The lowest BCUT2D eigenvalue weighted by Gasteiger charge is -2.25. The molecular formula is C16H22FN3. The van der Waals surface area contributed by atoms with E-state index in [1.54, 1.807) is 19.2 Å². The van der Waals surface area contributed by atoms with Crippen LogP contribution in [0.3, 0.4) is 0 Å². The molecule has 1 aromatic heterocycles. The van der Waals surface area contributed by atoms with Crippen molar-refractivity contribution in [3.63, 3.8) is 0 Å². The first kappa shape index (κ1) is 14.7. The fourth-order valence-corrected chi connectivity index (χ4v) is 2.33. The van der Waals surface area contributed by atoms with Crippen LogP contribution < -0.4 is 5.73 Å². The molecule has 0 spiro atoms. The molecule has 0 bridgehead atoms. The summed E-state index contributed by atoms with van der Waals surface area (Å²) in [5.41, 5.74) is 7.19. The highest BCUT2D eigenvalue weighted by Gasteiger charge is 2.24. The Bertz CT molecular complexity index is 587. The highest BCUT2D eigenvalue weighted by molar-refractivity contribution is 5.29. The number of aryl methyl sites for hydroxylation is 2. The monoisotopic (exact) mass is 275 g/mol. The third kappa shape index (κ3) is 3.07. The van der Waals surface area contributed by atoms with Gasteiger partial charge in [0.15, 0.2) is 0 Å². The molecule has 0 amide bonds. The van der Waals surface area contributed by atoms with E-state index in [2.05, 4.69) is 16.5 Å². The average Bonchev–Trinajstić information content (AvgIpc) is 2.80. The Morgan fingerprint density at radius 3 is 2.80 bits per heavy atom. The van der Waals surface area contributed by atoms with E-state index in [0.717, 1.165) is 24.4 Å². The van der Waals surface area contributed by atoms with Gasteiger partial charge in [0.05, 0.1) is 0 Å². The first-order valence-corrected chi connectivity index (χ1v) is 6.99. The third-order valence-electron chi connectivity index (χ3n) is 3.62. The Balaban J connectivity index is 2.25. The maximum absolute atomic E-state index is 13.7. The number of aromatic nitrogens is 2. The molecule has 0 radical (unpaired) electrons. The molecule has 0 saturated heterocycles. The maximum atomic E-state index is 13.7. The van der Waals surface area contributed by atoms with E-state index in [0.29, 0.717) is 12.0 Å². The van der Waals surface area contributed by atoms with E-state index in [-0.39, 0.29) is 5.82 Å². The highest BCUT2D eigenvalue weighted by Crippen LogP contribution is 2.24. The van der Waals surface area contributed by atoms with Crippen molar-refractivity contribution >= 4 is 0 Å². The molecule has 1 atom stereocenters. The molecule has 1 aromatic carbocycles. The molecule has 0 saturated carbocycles. The summed E-state index contributed by atoms with van der Waals surface area (Å²) in [6.45, 7) is 6.72. The zero-order valence-corrected chi connectivity index (χ0v) is 12.4. The Labute approximate surface area is 119 Å². The van der Waals surface area contributed by atoms with Crippen LogP contribution in [-0.2, 0) is 18.5 Å². The minimum atomic E-state index is -0.634. The quantitative estimate of drug-likeness (QED) is 0.911. The standard InChI is InChI=1S/C16H22FN3/c1-4-8-20-9-7-19-15(20)11-16(3,18)13-6-5-12(2)14(17)10-13/h5-7,9-10H,4,8,11,18H2,1-3H3. The number of benzene rings is 1. The Hall–Kier alpha value is -1.68. The van der Waals surface area contributed by atoms with Gasteiger partial charge >= 0.3 is 0 Å². The lowest BCUT2D eigenvalue weighted by atomic mass is 9.88. The Morgan fingerprint density at radius 2 is 2.15 bits per heavy atom. The van der Waals surface area contributed by atoms with Crippen LogP contribution in [0.5, 0.6) is 0 Å². The van der Waals surface area contributed by atoms with Gasteiger partial charge in [-0.15, -0.1) is 0 Å². The minimum Gasteiger partial charge on any atom is -0.335 e. The van der Waals surface area contributed by atoms with Crippen LogP contribution in [0, 0.1) is 12.7 Å². The largest absolute Gasteiger partial charge is 0.335 e. The molecular weight excluding hydrogens is 253 g/mol. The normalized spacial score (nSPS) is 14.2. The minimum absolute atomic E-state index is 0.212. The van der Waals surface area contributed by atoms with Gasteiger partial charge in [0.1, 0.15) is 11.6 Å². The third-order valence-corrected chi connectivity index (χ3v) is 3.62. The molecule has 1 heterocycles. The van der Waals surface area contributed by atoms with Crippen LogP contribution in [0.2, 0.25) is 0 Å². The van der Waals surface area contributed by atoms with Gasteiger partial charge in [0.2, 0.25) is 0 Å². The number of hydrogen-bond acceptors (Lipinski definition) is 2. The molecule has 108 valence electrons. The van der Waals surface area contributed by atoms with Crippen LogP contribution in [0.25, 0.3) is 0 Å². The van der Waals surface area contributed by atoms with E-state index in [4.69, 9.17) is 5.73 Å². The van der Waals surface area contributed by atoms with Crippen molar-refractivity contribution in [3.05, 3.63) is 53.4 Å². The van der Waals surface area contributed by atoms with E-state index < -0.39 is 5.54 Å². The van der Waals surface area contributed by atoms with E-state index in [1.807, 2.05) is 19.2 Å². The van der Waals surface area contributed by atoms with Crippen molar-refractivity contribution in [1.82, 2.24) is 9.55 Å². The number of hydrogen-bond donors (Lipinski definition) is 1. The number of halogens is 1. The van der Waals surface area contributed by atoms with Crippen LogP contribution in [0.4, 0.5) is 4.39 Å². The van der Waals surface area contributed by atoms with Gasteiger partial charge in [-0.25, -0.2) is 9.37 Å². The number of nitrogens with zero attached hydrogens (tertiary/aromatic N) is 2. The summed E-state index contributed by atoms with van der Waals surface area (Å²) in [5, 5.41) is 0. The van der Waals surface area contributed by atoms with Crippen molar-refractivity contribution in [1.29, 1.82) is 0 Å². The summed E-state index contributed by atoms with van der Waals surface area (Å²) >= 11 is 0. The van der Waals surface area contributed by atoms with Crippen molar-refractivity contribution in [2.24, 2.45) is 5.73 Å². The smallest absolute Gasteiger partial charge is 0.126 e. The molecule has 0 aliphatic heterocycles. The second kappa shape index (κ2) is 5.75. The van der Waals surface area contributed by atoms with E-state index in [1.165, 1.54) is 6.07 Å². The van der Waals surface area contributed by atoms with Gasteiger partial charge in [-0.2, -0.15) is 0 Å². The number of imidazole rings is 1. The Morgan fingerprint density at radius 1 is 1.40 bits per heavy atom. The van der Waals surface area contributed by atoms with Gasteiger partial charge in [-0.05, 0) is 37.5 Å². The van der Waals surface area contributed by atoms with Gasteiger partial charge < -0.3 is 10.3 Å². The number of rotatable bonds is 5. The predicted octanol–water partition coefficient (Wildman–Crippen LogP) is 3.16. The van der Waals surface area contributed by atoms with Crippen molar-refractivity contribution in [2.45, 2.75) is 45.7 Å². The van der Waals surface area contributed by atoms with Crippen LogP contribution in [0.1, 0.15) is 37.2 Å². The second-order valence-corrected chi connectivity index (χ2v) is 5.60. The summed E-state index contributed by atoms with van der Waals surface area (Å²) in [4.78, 5) is 4.37. The lowest BCUT2D eigenvalue weighted by Crippen LogP contribution is -2.36. The molecule has 0 fully saturated rings. The summed E-state index contributed by atoms with van der Waals surface area (Å²) in [5.74, 6) is 0.730. The van der Waals surface area contributed by atoms with E-state index >= 15 is 0 Å². The van der Waals surface area contributed by atoms with Crippen molar-refractivity contribution in [2.75, 3.05) is 0 Å². The molecule has 2 aromatic rings. The lowest BCUT2D eigenvalue weighted by molar-refractivity contribution is 0.458. The molecule has 2 rings (SSSR count). The molecule has 0 aliphatic rings. The van der Waals surface area contributed by atoms with Crippen molar-refractivity contribution in [3.8, 4) is 0 Å². The molecule has 20 heavy (non-hydrogen) atoms. The first-order chi connectivity index (χ1) is 9.44. The van der Waals surface area contributed by atoms with Crippen molar-refractivity contribution < 1.29 is 4.39 Å². The Kier molecular flexibility index (Phi) is 4.23. The fourth-order valence-electron chi connectivity index (χ4n) is 2.33. The zero-order valence-electron chi connectivity index (χ0n) is 12.4. The summed E-state index contributed by atoms with van der Waals surface area (Å²) in [6, 6.07) is 5.20. The van der Waals surface area contributed by atoms with Crippen LogP contribution in [-0.4, -0.2) is 9.55 Å². The summed E-state index contributed by atoms with van der Waals surface area (Å²) in [6.07, 6.45) is 5.38. The summed E-state index contributed by atoms with van der Waals surface area (Å²) in [7, 11) is 0. The number of nitrogens with two attached hydrogens (primary N) is 1. The van der Waals surface area contributed by atoms with Gasteiger partial charge in [0, 0.05) is 30.9 Å². The maximum Gasteiger partial charge on any atom is 0.126 e. The van der Waals surface area contributed by atoms with Gasteiger partial charge in [0.25, 0.3) is 0 Å². The highest BCUT2D eigenvalue weighted by atomic mass is 19.1.